The van der Waals surface area contributed by atoms with Crippen LogP contribution in [0.15, 0.2) is 28.9 Å². The van der Waals surface area contributed by atoms with Gasteiger partial charge in [0.1, 0.15) is 0 Å². The molecule has 1 unspecified atom stereocenters. The zero-order chi connectivity index (χ0) is 13.8. The molecular weight excluding hydrogens is 306 g/mol. The van der Waals surface area contributed by atoms with Crippen LogP contribution in [0, 0.1) is 6.92 Å². The first-order valence-electron chi connectivity index (χ1n) is 6.34. The molecule has 0 aromatic carbocycles. The Morgan fingerprint density at radius 2 is 2.21 bits per heavy atom. The van der Waals surface area contributed by atoms with Crippen molar-refractivity contribution in [2.45, 2.75) is 32.3 Å². The van der Waals surface area contributed by atoms with Crippen LogP contribution in [0.2, 0.25) is 0 Å². The molecular formula is C14H18BrN3O. The third kappa shape index (κ3) is 3.64. The van der Waals surface area contributed by atoms with Gasteiger partial charge in [-0.05, 0) is 47.8 Å². The van der Waals surface area contributed by atoms with Gasteiger partial charge in [0.15, 0.2) is 0 Å². The monoisotopic (exact) mass is 323 g/mol. The van der Waals surface area contributed by atoms with E-state index in [1.54, 1.807) is 6.20 Å². The average Bonchev–Trinajstić information content (AvgIpc) is 2.64. The highest BCUT2D eigenvalue weighted by atomic mass is 79.9. The smallest absolute Gasteiger partial charge is 0.0738 e. The molecule has 0 fully saturated rings. The average molecular weight is 324 g/mol. The van der Waals surface area contributed by atoms with Gasteiger partial charge in [0.05, 0.1) is 22.0 Å². The Bertz CT molecular complexity index is 539. The summed E-state index contributed by atoms with van der Waals surface area (Å²) in [4.78, 5) is 4.26. The van der Waals surface area contributed by atoms with E-state index < -0.39 is 0 Å². The molecule has 2 heterocycles. The number of hydrogen-bond acceptors (Lipinski definition) is 3. The van der Waals surface area contributed by atoms with E-state index in [0.29, 0.717) is 12.8 Å². The highest BCUT2D eigenvalue weighted by molar-refractivity contribution is 9.10. The Hall–Kier alpha value is -1.20. The normalized spacial score (nSPS) is 12.6. The van der Waals surface area contributed by atoms with Gasteiger partial charge in [-0.3, -0.25) is 9.67 Å². The third-order valence-electron chi connectivity index (χ3n) is 3.15. The zero-order valence-corrected chi connectivity index (χ0v) is 12.8. The van der Waals surface area contributed by atoms with Gasteiger partial charge in [-0.15, -0.1) is 0 Å². The number of pyridine rings is 1. The standard InChI is InChI=1S/C14H18BrN3O/c1-10-14(15)13(18(2)17-10)9-12(19)7-6-11-5-3-4-8-16-11/h3-5,8,12,19H,6-7,9H2,1-2H3. The van der Waals surface area contributed by atoms with Crippen molar-refractivity contribution < 1.29 is 5.11 Å². The summed E-state index contributed by atoms with van der Waals surface area (Å²) in [6.45, 7) is 1.95. The Morgan fingerprint density at radius 1 is 1.42 bits per heavy atom. The number of halogens is 1. The minimum Gasteiger partial charge on any atom is -0.393 e. The molecule has 0 spiro atoms. The van der Waals surface area contributed by atoms with E-state index in [9.17, 15) is 5.11 Å². The fourth-order valence-corrected chi connectivity index (χ4v) is 2.59. The van der Waals surface area contributed by atoms with Gasteiger partial charge in [0.25, 0.3) is 0 Å². The van der Waals surface area contributed by atoms with Crippen LogP contribution in [0.25, 0.3) is 0 Å². The molecule has 2 aromatic rings. The largest absolute Gasteiger partial charge is 0.393 e. The van der Waals surface area contributed by atoms with Gasteiger partial charge in [-0.2, -0.15) is 5.10 Å². The topological polar surface area (TPSA) is 50.9 Å². The predicted octanol–water partition coefficient (Wildman–Crippen LogP) is 2.42. The van der Waals surface area contributed by atoms with Gasteiger partial charge in [0.2, 0.25) is 0 Å². The van der Waals surface area contributed by atoms with E-state index in [0.717, 1.165) is 28.0 Å². The van der Waals surface area contributed by atoms with Crippen LogP contribution in [-0.2, 0) is 19.9 Å². The molecule has 0 aliphatic carbocycles. The molecule has 0 saturated heterocycles. The van der Waals surface area contributed by atoms with E-state index >= 15 is 0 Å². The van der Waals surface area contributed by atoms with E-state index in [-0.39, 0.29) is 6.10 Å². The van der Waals surface area contributed by atoms with Crippen LogP contribution < -0.4 is 0 Å². The summed E-state index contributed by atoms with van der Waals surface area (Å²) in [5.74, 6) is 0. The number of aromatic nitrogens is 3. The molecule has 102 valence electrons. The lowest BCUT2D eigenvalue weighted by molar-refractivity contribution is 0.162. The highest BCUT2D eigenvalue weighted by Crippen LogP contribution is 2.22. The second-order valence-corrected chi connectivity index (χ2v) is 5.48. The fraction of sp³-hybridized carbons (Fsp3) is 0.429. The number of aliphatic hydroxyl groups is 1. The van der Waals surface area contributed by atoms with Crippen molar-refractivity contribution in [3.8, 4) is 0 Å². The summed E-state index contributed by atoms with van der Waals surface area (Å²) < 4.78 is 2.82. The Balaban J connectivity index is 1.92. The van der Waals surface area contributed by atoms with Crippen molar-refractivity contribution in [3.63, 3.8) is 0 Å². The van der Waals surface area contributed by atoms with Crippen molar-refractivity contribution in [2.24, 2.45) is 7.05 Å². The molecule has 1 N–H and O–H groups in total. The first-order valence-corrected chi connectivity index (χ1v) is 7.13. The lowest BCUT2D eigenvalue weighted by atomic mass is 10.1. The quantitative estimate of drug-likeness (QED) is 0.919. The molecule has 0 aliphatic heterocycles. The van der Waals surface area contributed by atoms with E-state index in [2.05, 4.69) is 26.0 Å². The van der Waals surface area contributed by atoms with Gasteiger partial charge in [-0.1, -0.05) is 6.07 Å². The summed E-state index contributed by atoms with van der Waals surface area (Å²) in [6.07, 6.45) is 3.49. The molecule has 1 atom stereocenters. The molecule has 0 radical (unpaired) electrons. The van der Waals surface area contributed by atoms with Gasteiger partial charge in [0, 0.05) is 25.4 Å². The van der Waals surface area contributed by atoms with Crippen molar-refractivity contribution >= 4 is 15.9 Å². The lowest BCUT2D eigenvalue weighted by Crippen LogP contribution is -2.15. The number of rotatable bonds is 5. The summed E-state index contributed by atoms with van der Waals surface area (Å²) in [6, 6.07) is 5.85. The summed E-state index contributed by atoms with van der Waals surface area (Å²) in [5.41, 5.74) is 3.00. The predicted molar refractivity (Wildman–Crippen MR) is 77.9 cm³/mol. The van der Waals surface area contributed by atoms with Gasteiger partial charge in [-0.25, -0.2) is 0 Å². The second-order valence-electron chi connectivity index (χ2n) is 4.69. The van der Waals surface area contributed by atoms with Crippen molar-refractivity contribution in [3.05, 3.63) is 46.0 Å². The Morgan fingerprint density at radius 3 is 2.79 bits per heavy atom. The minimum atomic E-state index is -0.381. The summed E-state index contributed by atoms with van der Waals surface area (Å²) >= 11 is 3.52. The van der Waals surface area contributed by atoms with Crippen LogP contribution in [-0.4, -0.2) is 26.0 Å². The highest BCUT2D eigenvalue weighted by Gasteiger charge is 2.15. The summed E-state index contributed by atoms with van der Waals surface area (Å²) in [5, 5.41) is 14.5. The molecule has 2 aromatic heterocycles. The number of aliphatic hydroxyl groups excluding tert-OH is 1. The van der Waals surface area contributed by atoms with Crippen LogP contribution in [0.4, 0.5) is 0 Å². The fourth-order valence-electron chi connectivity index (χ4n) is 2.09. The Labute approximate surface area is 121 Å². The Kier molecular flexibility index (Phi) is 4.71. The van der Waals surface area contributed by atoms with E-state index in [4.69, 9.17) is 0 Å². The van der Waals surface area contributed by atoms with Crippen LogP contribution >= 0.6 is 15.9 Å². The maximum atomic E-state index is 10.1. The number of aryl methyl sites for hydroxylation is 3. The molecule has 19 heavy (non-hydrogen) atoms. The first kappa shape index (κ1) is 14.2. The van der Waals surface area contributed by atoms with Crippen LogP contribution in [0.5, 0.6) is 0 Å². The van der Waals surface area contributed by atoms with Crippen LogP contribution in [0.1, 0.15) is 23.5 Å². The molecule has 5 heteroatoms. The van der Waals surface area contributed by atoms with Crippen molar-refractivity contribution in [1.82, 2.24) is 14.8 Å². The number of nitrogens with zero attached hydrogens (tertiary/aromatic N) is 3. The van der Waals surface area contributed by atoms with Crippen molar-refractivity contribution in [2.75, 3.05) is 0 Å². The van der Waals surface area contributed by atoms with Gasteiger partial charge >= 0.3 is 0 Å². The van der Waals surface area contributed by atoms with Crippen LogP contribution in [0.3, 0.4) is 0 Å². The maximum absolute atomic E-state index is 10.1. The SMILES string of the molecule is Cc1nn(C)c(CC(O)CCc2ccccn2)c1Br. The minimum absolute atomic E-state index is 0.381. The molecule has 0 bridgehead atoms. The molecule has 0 amide bonds. The summed E-state index contributed by atoms with van der Waals surface area (Å²) in [7, 11) is 1.90. The molecule has 0 aliphatic rings. The lowest BCUT2D eigenvalue weighted by Gasteiger charge is -2.11. The maximum Gasteiger partial charge on any atom is 0.0738 e. The van der Waals surface area contributed by atoms with E-state index in [1.807, 2.05) is 36.9 Å². The second kappa shape index (κ2) is 6.30. The first-order chi connectivity index (χ1) is 9.08. The number of hydrogen-bond donors (Lipinski definition) is 1. The molecule has 4 nitrogen and oxygen atoms in total. The molecule has 0 saturated carbocycles. The third-order valence-corrected chi connectivity index (χ3v) is 4.18. The van der Waals surface area contributed by atoms with Gasteiger partial charge < -0.3 is 5.11 Å². The van der Waals surface area contributed by atoms with E-state index in [1.165, 1.54) is 0 Å². The molecule has 2 rings (SSSR count). The van der Waals surface area contributed by atoms with Crippen molar-refractivity contribution in [1.29, 1.82) is 0 Å². The zero-order valence-electron chi connectivity index (χ0n) is 11.2.